The lowest BCUT2D eigenvalue weighted by Gasteiger charge is -2.29. The summed E-state index contributed by atoms with van der Waals surface area (Å²) in [7, 11) is 0. The zero-order valence-electron chi connectivity index (χ0n) is 15.3. The molecule has 0 aliphatic carbocycles. The third-order valence-corrected chi connectivity index (χ3v) is 4.36. The van der Waals surface area contributed by atoms with Crippen LogP contribution in [0.25, 0.3) is 0 Å². The Morgan fingerprint density at radius 2 is 2.09 bits per heavy atom. The molecular formula is C18H36N2O2. The van der Waals surface area contributed by atoms with E-state index in [1.165, 1.54) is 25.7 Å². The molecule has 0 aromatic rings. The van der Waals surface area contributed by atoms with Crippen LogP contribution >= 0.6 is 0 Å². The van der Waals surface area contributed by atoms with Crippen molar-refractivity contribution in [1.29, 1.82) is 0 Å². The first-order chi connectivity index (χ1) is 10.4. The summed E-state index contributed by atoms with van der Waals surface area (Å²) < 4.78 is 5.51. The van der Waals surface area contributed by atoms with Crippen LogP contribution in [0.4, 0.5) is 4.79 Å². The van der Waals surface area contributed by atoms with E-state index in [4.69, 9.17) is 4.74 Å². The van der Waals surface area contributed by atoms with Crippen molar-refractivity contribution in [3.8, 4) is 0 Å². The molecule has 0 aromatic carbocycles. The van der Waals surface area contributed by atoms with E-state index < -0.39 is 5.60 Å². The van der Waals surface area contributed by atoms with Crippen LogP contribution in [0.3, 0.4) is 0 Å². The highest BCUT2D eigenvalue weighted by molar-refractivity contribution is 5.69. The van der Waals surface area contributed by atoms with E-state index in [9.17, 15) is 4.79 Å². The highest BCUT2D eigenvalue weighted by Crippen LogP contribution is 2.20. The summed E-state index contributed by atoms with van der Waals surface area (Å²) in [5, 5.41) is 3.59. The molecule has 2 atom stereocenters. The van der Waals surface area contributed by atoms with Crippen molar-refractivity contribution < 1.29 is 9.53 Å². The number of hydrogen-bond acceptors (Lipinski definition) is 3. The van der Waals surface area contributed by atoms with E-state index in [0.29, 0.717) is 6.04 Å². The molecule has 4 nitrogen and oxygen atoms in total. The molecule has 1 aliphatic rings. The van der Waals surface area contributed by atoms with Gasteiger partial charge in [0, 0.05) is 19.1 Å². The van der Waals surface area contributed by atoms with Gasteiger partial charge in [0.2, 0.25) is 0 Å². The molecule has 1 saturated heterocycles. The van der Waals surface area contributed by atoms with Gasteiger partial charge < -0.3 is 15.0 Å². The minimum atomic E-state index is -0.412. The maximum absolute atomic E-state index is 12.2. The molecular weight excluding hydrogens is 276 g/mol. The van der Waals surface area contributed by atoms with Crippen molar-refractivity contribution in [2.75, 3.05) is 19.6 Å². The molecule has 0 radical (unpaired) electrons. The molecule has 0 saturated carbocycles. The largest absolute Gasteiger partial charge is 0.444 e. The molecule has 1 N–H and O–H groups in total. The number of nitrogens with zero attached hydrogens (tertiary/aromatic N) is 1. The van der Waals surface area contributed by atoms with Gasteiger partial charge in [-0.3, -0.25) is 0 Å². The van der Waals surface area contributed by atoms with Crippen molar-refractivity contribution in [2.24, 2.45) is 5.92 Å². The second kappa shape index (κ2) is 9.39. The molecule has 1 aliphatic heterocycles. The molecule has 0 spiro atoms. The van der Waals surface area contributed by atoms with Crippen LogP contribution in [0, 0.1) is 5.92 Å². The molecule has 0 aromatic heterocycles. The minimum absolute atomic E-state index is 0.158. The SMILES string of the molecule is CCCCC(CC)CNCC1CCCN1C(=O)OC(C)(C)C. The molecule has 2 unspecified atom stereocenters. The van der Waals surface area contributed by atoms with Crippen LogP contribution < -0.4 is 5.32 Å². The number of hydrogen-bond donors (Lipinski definition) is 1. The smallest absolute Gasteiger partial charge is 0.410 e. The molecule has 1 rings (SSSR count). The lowest BCUT2D eigenvalue weighted by molar-refractivity contribution is 0.0226. The van der Waals surface area contributed by atoms with Crippen LogP contribution in [0.1, 0.15) is 73.1 Å². The number of carbonyl (C=O) groups excluding carboxylic acids is 1. The number of ether oxygens (including phenoxy) is 1. The van der Waals surface area contributed by atoms with E-state index >= 15 is 0 Å². The van der Waals surface area contributed by atoms with Gasteiger partial charge in [0.25, 0.3) is 0 Å². The van der Waals surface area contributed by atoms with Crippen molar-refractivity contribution in [3.05, 3.63) is 0 Å². The minimum Gasteiger partial charge on any atom is -0.444 e. The second-order valence-corrected chi connectivity index (χ2v) is 7.54. The Bertz CT molecular complexity index is 326. The molecule has 1 amide bonds. The highest BCUT2D eigenvalue weighted by atomic mass is 16.6. The maximum atomic E-state index is 12.2. The number of rotatable bonds is 8. The van der Waals surface area contributed by atoms with E-state index in [1.54, 1.807) is 0 Å². The summed E-state index contributed by atoms with van der Waals surface area (Å²) >= 11 is 0. The van der Waals surface area contributed by atoms with Crippen LogP contribution in [-0.2, 0) is 4.74 Å². The summed E-state index contributed by atoms with van der Waals surface area (Å²) in [5.74, 6) is 0.760. The van der Waals surface area contributed by atoms with Gasteiger partial charge in [-0.1, -0.05) is 33.1 Å². The first kappa shape index (κ1) is 19.3. The summed E-state index contributed by atoms with van der Waals surface area (Å²) in [5.41, 5.74) is -0.412. The van der Waals surface area contributed by atoms with Gasteiger partial charge in [-0.15, -0.1) is 0 Å². The van der Waals surface area contributed by atoms with Gasteiger partial charge in [-0.05, 0) is 52.5 Å². The number of nitrogens with one attached hydrogen (secondary N) is 1. The molecule has 22 heavy (non-hydrogen) atoms. The molecule has 130 valence electrons. The Morgan fingerprint density at radius 1 is 1.36 bits per heavy atom. The Labute approximate surface area is 137 Å². The van der Waals surface area contributed by atoms with Gasteiger partial charge in [0.15, 0.2) is 0 Å². The first-order valence-electron chi connectivity index (χ1n) is 9.07. The number of likely N-dealkylation sites (tertiary alicyclic amines) is 1. The topological polar surface area (TPSA) is 41.6 Å². The standard InChI is InChI=1S/C18H36N2O2/c1-6-8-10-15(7-2)13-19-14-16-11-9-12-20(16)17(21)22-18(3,4)5/h15-16,19H,6-14H2,1-5H3. The van der Waals surface area contributed by atoms with E-state index in [1.807, 2.05) is 25.7 Å². The fraction of sp³-hybridized carbons (Fsp3) is 0.944. The predicted molar refractivity (Wildman–Crippen MR) is 92.1 cm³/mol. The monoisotopic (exact) mass is 312 g/mol. The van der Waals surface area contributed by atoms with Gasteiger partial charge in [0.05, 0.1) is 0 Å². The maximum Gasteiger partial charge on any atom is 0.410 e. The zero-order chi connectivity index (χ0) is 16.6. The quantitative estimate of drug-likeness (QED) is 0.730. The van der Waals surface area contributed by atoms with E-state index in [-0.39, 0.29) is 6.09 Å². The highest BCUT2D eigenvalue weighted by Gasteiger charge is 2.31. The van der Waals surface area contributed by atoms with Crippen molar-refractivity contribution in [2.45, 2.75) is 84.8 Å². The lowest BCUT2D eigenvalue weighted by atomic mass is 9.99. The normalized spacial score (nSPS) is 20.2. The average molecular weight is 312 g/mol. The third kappa shape index (κ3) is 6.99. The van der Waals surface area contributed by atoms with Gasteiger partial charge >= 0.3 is 6.09 Å². The van der Waals surface area contributed by atoms with Gasteiger partial charge in [-0.25, -0.2) is 4.79 Å². The van der Waals surface area contributed by atoms with E-state index in [2.05, 4.69) is 19.2 Å². The Balaban J connectivity index is 2.36. The number of carbonyl (C=O) groups is 1. The number of unbranched alkanes of at least 4 members (excludes halogenated alkanes) is 1. The molecule has 1 heterocycles. The summed E-state index contributed by atoms with van der Waals surface area (Å²) in [6.45, 7) is 13.1. The van der Waals surface area contributed by atoms with Crippen molar-refractivity contribution >= 4 is 6.09 Å². The molecule has 0 bridgehead atoms. The van der Waals surface area contributed by atoms with Crippen LogP contribution in [-0.4, -0.2) is 42.3 Å². The Kier molecular flexibility index (Phi) is 8.23. The predicted octanol–water partition coefficient (Wildman–Crippen LogP) is 4.19. The van der Waals surface area contributed by atoms with Crippen molar-refractivity contribution in [3.63, 3.8) is 0 Å². The first-order valence-corrected chi connectivity index (χ1v) is 9.07. The van der Waals surface area contributed by atoms with E-state index in [0.717, 1.165) is 38.4 Å². The zero-order valence-corrected chi connectivity index (χ0v) is 15.3. The van der Waals surface area contributed by atoms with Gasteiger partial charge in [-0.2, -0.15) is 0 Å². The molecule has 4 heteroatoms. The van der Waals surface area contributed by atoms with Crippen LogP contribution in [0.5, 0.6) is 0 Å². The van der Waals surface area contributed by atoms with Crippen LogP contribution in [0.2, 0.25) is 0 Å². The third-order valence-electron chi connectivity index (χ3n) is 4.36. The molecule has 1 fully saturated rings. The fourth-order valence-electron chi connectivity index (χ4n) is 3.01. The summed E-state index contributed by atoms with van der Waals surface area (Å²) in [6, 6.07) is 0.290. The van der Waals surface area contributed by atoms with Crippen LogP contribution in [0.15, 0.2) is 0 Å². The number of amides is 1. The summed E-state index contributed by atoms with van der Waals surface area (Å²) in [6.07, 6.45) is 7.12. The average Bonchev–Trinajstić information content (AvgIpc) is 2.89. The second-order valence-electron chi connectivity index (χ2n) is 7.54. The lowest BCUT2D eigenvalue weighted by Crippen LogP contribution is -2.44. The van der Waals surface area contributed by atoms with Crippen molar-refractivity contribution in [1.82, 2.24) is 10.2 Å². The Hall–Kier alpha value is -0.770. The van der Waals surface area contributed by atoms with Gasteiger partial charge in [0.1, 0.15) is 5.60 Å². The fourth-order valence-corrected chi connectivity index (χ4v) is 3.01. The summed E-state index contributed by atoms with van der Waals surface area (Å²) in [4.78, 5) is 14.1. The Morgan fingerprint density at radius 3 is 2.68 bits per heavy atom.